The van der Waals surface area contributed by atoms with Crippen molar-refractivity contribution in [1.29, 1.82) is 0 Å². The number of aliphatic carboxylic acids is 1. The van der Waals surface area contributed by atoms with E-state index in [0.29, 0.717) is 0 Å². The molecule has 0 spiro atoms. The van der Waals surface area contributed by atoms with Gasteiger partial charge >= 0.3 is 5.97 Å². The number of nitrogens with two attached hydrogens (primary N) is 1. The Labute approximate surface area is 112 Å². The fourth-order valence-corrected chi connectivity index (χ4v) is 1.33. The molecule has 5 N–H and O–H groups in total. The van der Waals surface area contributed by atoms with Crippen molar-refractivity contribution in [2.45, 2.75) is 39.8 Å². The molecule has 7 nitrogen and oxygen atoms in total. The van der Waals surface area contributed by atoms with Crippen LogP contribution in [0.2, 0.25) is 0 Å². The summed E-state index contributed by atoms with van der Waals surface area (Å²) in [7, 11) is 0. The van der Waals surface area contributed by atoms with Crippen LogP contribution in [0.3, 0.4) is 0 Å². The van der Waals surface area contributed by atoms with Crippen molar-refractivity contribution in [3.63, 3.8) is 0 Å². The lowest BCUT2D eigenvalue weighted by atomic mass is 10.0. The van der Waals surface area contributed by atoms with Crippen LogP contribution in [0.1, 0.15) is 27.7 Å². The quantitative estimate of drug-likeness (QED) is 0.489. The fraction of sp³-hybridized carbons (Fsp3) is 0.750. The second-order valence-electron chi connectivity index (χ2n) is 5.12. The summed E-state index contributed by atoms with van der Waals surface area (Å²) in [6, 6.07) is -1.66. The van der Waals surface area contributed by atoms with Gasteiger partial charge in [0.25, 0.3) is 0 Å². The Balaban J connectivity index is 4.26. The first-order valence-electron chi connectivity index (χ1n) is 6.22. The summed E-state index contributed by atoms with van der Waals surface area (Å²) < 4.78 is 0. The molecule has 19 heavy (non-hydrogen) atoms. The largest absolute Gasteiger partial charge is 0.480 e. The van der Waals surface area contributed by atoms with Gasteiger partial charge in [-0.2, -0.15) is 0 Å². The second-order valence-corrected chi connectivity index (χ2v) is 5.12. The summed E-state index contributed by atoms with van der Waals surface area (Å²) in [6.45, 7) is 6.68. The average molecular weight is 273 g/mol. The summed E-state index contributed by atoms with van der Waals surface area (Å²) in [4.78, 5) is 33.9. The van der Waals surface area contributed by atoms with E-state index in [0.717, 1.165) is 0 Å². The molecule has 0 aromatic heterocycles. The Morgan fingerprint density at radius 3 is 2.00 bits per heavy atom. The Morgan fingerprint density at radius 1 is 1.11 bits per heavy atom. The van der Waals surface area contributed by atoms with Gasteiger partial charge in [-0.15, -0.1) is 0 Å². The lowest BCUT2D eigenvalue weighted by molar-refractivity contribution is -0.143. The van der Waals surface area contributed by atoms with Gasteiger partial charge in [-0.3, -0.25) is 9.59 Å². The van der Waals surface area contributed by atoms with E-state index in [4.69, 9.17) is 10.8 Å². The van der Waals surface area contributed by atoms with Crippen LogP contribution in [0.5, 0.6) is 0 Å². The van der Waals surface area contributed by atoms with Gasteiger partial charge < -0.3 is 21.5 Å². The smallest absolute Gasteiger partial charge is 0.326 e. The van der Waals surface area contributed by atoms with Gasteiger partial charge in [-0.1, -0.05) is 27.7 Å². The van der Waals surface area contributed by atoms with Gasteiger partial charge in [0.05, 0.1) is 12.6 Å². The first kappa shape index (κ1) is 17.4. The average Bonchev–Trinajstić information content (AvgIpc) is 2.30. The third-order valence-corrected chi connectivity index (χ3v) is 2.69. The SMILES string of the molecule is CC(C)[C@H](N)C(=O)NCC(=O)N[C@H](C(=O)O)C(C)C. The van der Waals surface area contributed by atoms with E-state index in [1.165, 1.54) is 0 Å². The second kappa shape index (κ2) is 7.73. The van der Waals surface area contributed by atoms with Gasteiger partial charge in [0.1, 0.15) is 6.04 Å². The number of rotatable bonds is 7. The first-order chi connectivity index (χ1) is 8.66. The maximum Gasteiger partial charge on any atom is 0.326 e. The predicted octanol–water partition coefficient (Wildman–Crippen LogP) is -0.689. The molecule has 0 heterocycles. The fourth-order valence-electron chi connectivity index (χ4n) is 1.33. The summed E-state index contributed by atoms with van der Waals surface area (Å²) in [5, 5.41) is 13.6. The molecule has 0 saturated carbocycles. The maximum atomic E-state index is 11.5. The van der Waals surface area contributed by atoms with Crippen LogP contribution < -0.4 is 16.4 Å². The van der Waals surface area contributed by atoms with E-state index in [-0.39, 0.29) is 18.4 Å². The molecule has 7 heteroatoms. The molecule has 2 atom stereocenters. The van der Waals surface area contributed by atoms with Crippen molar-refractivity contribution in [2.24, 2.45) is 17.6 Å². The lowest BCUT2D eigenvalue weighted by Gasteiger charge is -2.19. The first-order valence-corrected chi connectivity index (χ1v) is 6.22. The van der Waals surface area contributed by atoms with Crippen LogP contribution in [0, 0.1) is 11.8 Å². The highest BCUT2D eigenvalue weighted by Crippen LogP contribution is 2.01. The van der Waals surface area contributed by atoms with Crippen LogP contribution in [0.15, 0.2) is 0 Å². The van der Waals surface area contributed by atoms with Crippen molar-refractivity contribution in [2.75, 3.05) is 6.54 Å². The minimum Gasteiger partial charge on any atom is -0.480 e. The van der Waals surface area contributed by atoms with Gasteiger partial charge in [0, 0.05) is 0 Å². The molecule has 0 aliphatic carbocycles. The molecular formula is C12H23N3O4. The number of hydrogen-bond donors (Lipinski definition) is 4. The van der Waals surface area contributed by atoms with E-state index in [1.54, 1.807) is 27.7 Å². The molecule has 0 saturated heterocycles. The van der Waals surface area contributed by atoms with Crippen molar-refractivity contribution in [3.8, 4) is 0 Å². The van der Waals surface area contributed by atoms with E-state index >= 15 is 0 Å². The van der Waals surface area contributed by atoms with Crippen LogP contribution in [0.4, 0.5) is 0 Å². The number of amides is 2. The standard InChI is InChI=1S/C12H23N3O4/c1-6(2)9(13)11(17)14-5-8(16)15-10(7(3)4)12(18)19/h6-7,9-10H,5,13H2,1-4H3,(H,14,17)(H,15,16)(H,18,19)/t9-,10-/m0/s1. The highest BCUT2D eigenvalue weighted by atomic mass is 16.4. The van der Waals surface area contributed by atoms with E-state index in [1.807, 2.05) is 0 Å². The topological polar surface area (TPSA) is 122 Å². The zero-order valence-corrected chi connectivity index (χ0v) is 11.8. The zero-order chi connectivity index (χ0) is 15.2. The Kier molecular flexibility index (Phi) is 7.06. The third-order valence-electron chi connectivity index (χ3n) is 2.69. The number of carbonyl (C=O) groups is 3. The van der Waals surface area contributed by atoms with Gasteiger partial charge in [-0.25, -0.2) is 4.79 Å². The number of carboxylic acids is 1. The highest BCUT2D eigenvalue weighted by Gasteiger charge is 2.24. The minimum absolute atomic E-state index is 0.0366. The Bertz CT molecular complexity index is 342. The number of carbonyl (C=O) groups excluding carboxylic acids is 2. The van der Waals surface area contributed by atoms with Crippen molar-refractivity contribution in [3.05, 3.63) is 0 Å². The highest BCUT2D eigenvalue weighted by molar-refractivity contribution is 5.89. The Morgan fingerprint density at radius 2 is 1.63 bits per heavy atom. The van der Waals surface area contributed by atoms with Crippen LogP contribution in [0.25, 0.3) is 0 Å². The molecule has 0 aliphatic rings. The molecule has 110 valence electrons. The minimum atomic E-state index is -1.10. The van der Waals surface area contributed by atoms with Crippen molar-refractivity contribution < 1.29 is 19.5 Å². The number of carboxylic acid groups (broad SMARTS) is 1. The molecule has 0 bridgehead atoms. The molecule has 0 rings (SSSR count). The number of nitrogens with one attached hydrogen (secondary N) is 2. The molecule has 0 aromatic rings. The van der Waals surface area contributed by atoms with Crippen LogP contribution in [-0.2, 0) is 14.4 Å². The van der Waals surface area contributed by atoms with Crippen molar-refractivity contribution >= 4 is 17.8 Å². The monoisotopic (exact) mass is 273 g/mol. The Hall–Kier alpha value is -1.63. The molecule has 0 radical (unpaired) electrons. The number of hydrogen-bond acceptors (Lipinski definition) is 4. The van der Waals surface area contributed by atoms with Gasteiger partial charge in [0.2, 0.25) is 11.8 Å². The molecule has 2 amide bonds. The molecule has 0 aromatic carbocycles. The normalized spacial score (nSPS) is 14.1. The summed E-state index contributed by atoms with van der Waals surface area (Å²) in [5.41, 5.74) is 5.61. The summed E-state index contributed by atoms with van der Waals surface area (Å²) in [5.74, 6) is -2.36. The molecular weight excluding hydrogens is 250 g/mol. The summed E-state index contributed by atoms with van der Waals surface area (Å²) >= 11 is 0. The molecule has 0 fully saturated rings. The van der Waals surface area contributed by atoms with Gasteiger partial charge in [-0.05, 0) is 11.8 Å². The van der Waals surface area contributed by atoms with Gasteiger partial charge in [0.15, 0.2) is 0 Å². The van der Waals surface area contributed by atoms with E-state index in [9.17, 15) is 14.4 Å². The lowest BCUT2D eigenvalue weighted by Crippen LogP contribution is -2.50. The van der Waals surface area contributed by atoms with Crippen LogP contribution >= 0.6 is 0 Å². The zero-order valence-electron chi connectivity index (χ0n) is 11.8. The maximum absolute atomic E-state index is 11.5. The van der Waals surface area contributed by atoms with Crippen LogP contribution in [-0.4, -0.2) is 41.5 Å². The third kappa shape index (κ3) is 6.19. The van der Waals surface area contributed by atoms with E-state index < -0.39 is 29.9 Å². The molecule has 0 aliphatic heterocycles. The van der Waals surface area contributed by atoms with E-state index in [2.05, 4.69) is 10.6 Å². The predicted molar refractivity (Wildman–Crippen MR) is 70.2 cm³/mol. The molecule has 0 unspecified atom stereocenters. The van der Waals surface area contributed by atoms with Crippen molar-refractivity contribution in [1.82, 2.24) is 10.6 Å². The summed E-state index contributed by atoms with van der Waals surface area (Å²) in [6.07, 6.45) is 0.